The fraction of sp³-hybridized carbons (Fsp3) is 0.158. The molecule has 3 rings (SSSR count). The van der Waals surface area contributed by atoms with Crippen molar-refractivity contribution in [3.05, 3.63) is 70.1 Å². The predicted octanol–water partition coefficient (Wildman–Crippen LogP) is 4.61. The lowest BCUT2D eigenvalue weighted by Crippen LogP contribution is -1.99. The molecular formula is C19H18O3. The van der Waals surface area contributed by atoms with Gasteiger partial charge in [-0.15, -0.1) is 0 Å². The standard InChI is InChI=1S/C17H12O3.C2H6/c1-11-4-2-3-5-13(11)15-9-17(19)20-16-8-12(10-18)6-7-14(15)16;1-2/h2-10H,1H3;1-2H3. The number of hydrogen-bond acceptors (Lipinski definition) is 3. The molecule has 22 heavy (non-hydrogen) atoms. The smallest absolute Gasteiger partial charge is 0.336 e. The Hall–Kier alpha value is -2.68. The van der Waals surface area contributed by atoms with Crippen molar-refractivity contribution in [2.24, 2.45) is 0 Å². The quantitative estimate of drug-likeness (QED) is 0.512. The van der Waals surface area contributed by atoms with Crippen LogP contribution in [-0.2, 0) is 0 Å². The van der Waals surface area contributed by atoms with Crippen molar-refractivity contribution in [2.45, 2.75) is 20.8 Å². The second-order valence-electron chi connectivity index (χ2n) is 4.67. The highest BCUT2D eigenvalue weighted by atomic mass is 16.4. The summed E-state index contributed by atoms with van der Waals surface area (Å²) in [7, 11) is 0. The van der Waals surface area contributed by atoms with Gasteiger partial charge in [-0.05, 0) is 30.2 Å². The van der Waals surface area contributed by atoms with Crippen molar-refractivity contribution >= 4 is 17.3 Å². The third-order valence-electron chi connectivity index (χ3n) is 3.34. The zero-order valence-corrected chi connectivity index (χ0v) is 12.9. The van der Waals surface area contributed by atoms with Gasteiger partial charge in [0.1, 0.15) is 11.9 Å². The monoisotopic (exact) mass is 294 g/mol. The van der Waals surface area contributed by atoms with E-state index >= 15 is 0 Å². The van der Waals surface area contributed by atoms with Gasteiger partial charge in [-0.1, -0.05) is 44.2 Å². The first-order valence-corrected chi connectivity index (χ1v) is 7.28. The van der Waals surface area contributed by atoms with Crippen LogP contribution in [0.2, 0.25) is 0 Å². The number of benzene rings is 2. The maximum absolute atomic E-state index is 11.7. The average molecular weight is 294 g/mol. The van der Waals surface area contributed by atoms with Crippen LogP contribution >= 0.6 is 0 Å². The Kier molecular flexibility index (Phi) is 4.89. The molecule has 0 spiro atoms. The van der Waals surface area contributed by atoms with Crippen molar-refractivity contribution in [3.63, 3.8) is 0 Å². The van der Waals surface area contributed by atoms with Gasteiger partial charge in [-0.2, -0.15) is 0 Å². The van der Waals surface area contributed by atoms with Crippen LogP contribution in [-0.4, -0.2) is 6.29 Å². The Balaban J connectivity index is 0.000000847. The number of aldehydes is 1. The largest absolute Gasteiger partial charge is 0.423 e. The second-order valence-corrected chi connectivity index (χ2v) is 4.67. The molecule has 0 radical (unpaired) electrons. The van der Waals surface area contributed by atoms with E-state index in [-0.39, 0.29) is 0 Å². The minimum atomic E-state index is -0.418. The van der Waals surface area contributed by atoms with Gasteiger partial charge in [-0.3, -0.25) is 4.79 Å². The van der Waals surface area contributed by atoms with E-state index in [2.05, 4.69) is 0 Å². The van der Waals surface area contributed by atoms with E-state index in [1.807, 2.05) is 51.1 Å². The number of carbonyl (C=O) groups is 1. The molecule has 2 aromatic carbocycles. The number of fused-ring (bicyclic) bond motifs is 1. The summed E-state index contributed by atoms with van der Waals surface area (Å²) in [5, 5.41) is 0.824. The zero-order chi connectivity index (χ0) is 16.1. The zero-order valence-electron chi connectivity index (χ0n) is 12.9. The van der Waals surface area contributed by atoms with Gasteiger partial charge in [0.05, 0.1) is 0 Å². The average Bonchev–Trinajstić information content (AvgIpc) is 2.56. The van der Waals surface area contributed by atoms with Crippen molar-refractivity contribution in [1.29, 1.82) is 0 Å². The highest BCUT2D eigenvalue weighted by molar-refractivity contribution is 5.96. The van der Waals surface area contributed by atoms with Crippen LogP contribution in [0, 0.1) is 6.92 Å². The van der Waals surface area contributed by atoms with Gasteiger partial charge in [0.2, 0.25) is 0 Å². The van der Waals surface area contributed by atoms with Gasteiger partial charge >= 0.3 is 5.63 Å². The van der Waals surface area contributed by atoms with Crippen LogP contribution in [0.1, 0.15) is 29.8 Å². The maximum Gasteiger partial charge on any atom is 0.336 e. The van der Waals surface area contributed by atoms with Crippen molar-refractivity contribution < 1.29 is 9.21 Å². The predicted molar refractivity (Wildman–Crippen MR) is 89.4 cm³/mol. The lowest BCUT2D eigenvalue weighted by Gasteiger charge is -2.08. The first kappa shape index (κ1) is 15.7. The van der Waals surface area contributed by atoms with Gasteiger partial charge < -0.3 is 4.42 Å². The van der Waals surface area contributed by atoms with E-state index in [4.69, 9.17) is 4.42 Å². The molecule has 0 N–H and O–H groups in total. The van der Waals surface area contributed by atoms with Crippen LogP contribution in [0.5, 0.6) is 0 Å². The highest BCUT2D eigenvalue weighted by Crippen LogP contribution is 2.29. The topological polar surface area (TPSA) is 47.3 Å². The van der Waals surface area contributed by atoms with Gasteiger partial charge in [0.15, 0.2) is 0 Å². The van der Waals surface area contributed by atoms with Crippen molar-refractivity contribution in [3.8, 4) is 11.1 Å². The number of aryl methyl sites for hydroxylation is 1. The van der Waals surface area contributed by atoms with Crippen molar-refractivity contribution in [1.82, 2.24) is 0 Å². The van der Waals surface area contributed by atoms with Crippen LogP contribution in [0.4, 0.5) is 0 Å². The normalized spacial score (nSPS) is 9.95. The molecule has 0 fully saturated rings. The van der Waals surface area contributed by atoms with E-state index in [0.717, 1.165) is 28.4 Å². The molecule has 3 nitrogen and oxygen atoms in total. The molecular weight excluding hydrogens is 276 g/mol. The van der Waals surface area contributed by atoms with Gasteiger partial charge in [0.25, 0.3) is 0 Å². The highest BCUT2D eigenvalue weighted by Gasteiger charge is 2.10. The van der Waals surface area contributed by atoms with Crippen molar-refractivity contribution in [2.75, 3.05) is 0 Å². The number of carbonyl (C=O) groups excluding carboxylic acids is 1. The summed E-state index contributed by atoms with van der Waals surface area (Å²) in [6.45, 7) is 6.00. The van der Waals surface area contributed by atoms with E-state index in [0.29, 0.717) is 11.1 Å². The van der Waals surface area contributed by atoms with Crippen LogP contribution in [0.15, 0.2) is 57.7 Å². The Bertz CT molecular complexity index is 860. The molecule has 0 atom stereocenters. The molecule has 3 heteroatoms. The maximum atomic E-state index is 11.7. The minimum Gasteiger partial charge on any atom is -0.423 e. The lowest BCUT2D eigenvalue weighted by atomic mass is 9.97. The molecule has 0 unspecified atom stereocenters. The van der Waals surface area contributed by atoms with Gasteiger partial charge in [-0.25, -0.2) is 4.79 Å². The van der Waals surface area contributed by atoms with Crippen LogP contribution < -0.4 is 5.63 Å². The molecule has 0 aliphatic heterocycles. The molecule has 0 aliphatic rings. The molecule has 1 aromatic heterocycles. The summed E-state index contributed by atoms with van der Waals surface area (Å²) in [6.07, 6.45) is 0.736. The summed E-state index contributed by atoms with van der Waals surface area (Å²) in [5.41, 5.74) is 3.40. The second kappa shape index (κ2) is 6.85. The fourth-order valence-corrected chi connectivity index (χ4v) is 2.35. The molecule has 0 amide bonds. The molecule has 3 aromatic rings. The molecule has 0 saturated heterocycles. The summed E-state index contributed by atoms with van der Waals surface area (Å²) < 4.78 is 5.19. The SMILES string of the molecule is CC.Cc1ccccc1-c1cc(=O)oc2cc(C=O)ccc12. The molecule has 1 heterocycles. The summed E-state index contributed by atoms with van der Waals surface area (Å²) in [4.78, 5) is 22.6. The fourth-order valence-electron chi connectivity index (χ4n) is 2.35. The lowest BCUT2D eigenvalue weighted by molar-refractivity contribution is 0.112. The van der Waals surface area contributed by atoms with E-state index in [1.54, 1.807) is 12.1 Å². The number of rotatable bonds is 2. The first-order chi connectivity index (χ1) is 10.7. The van der Waals surface area contributed by atoms with Crippen LogP contribution in [0.25, 0.3) is 22.1 Å². The van der Waals surface area contributed by atoms with E-state index in [1.165, 1.54) is 6.07 Å². The molecule has 112 valence electrons. The molecule has 0 saturated carbocycles. The van der Waals surface area contributed by atoms with Crippen LogP contribution in [0.3, 0.4) is 0 Å². The van der Waals surface area contributed by atoms with E-state index in [9.17, 15) is 9.59 Å². The Morgan fingerprint density at radius 2 is 1.68 bits per heavy atom. The van der Waals surface area contributed by atoms with E-state index < -0.39 is 5.63 Å². The first-order valence-electron chi connectivity index (χ1n) is 7.28. The summed E-state index contributed by atoms with van der Waals surface area (Å²) in [5.74, 6) is 0. The number of hydrogen-bond donors (Lipinski definition) is 0. The third-order valence-corrected chi connectivity index (χ3v) is 3.34. The third kappa shape index (κ3) is 2.98. The Labute approximate surface area is 129 Å². The minimum absolute atomic E-state index is 0.418. The molecule has 0 bridgehead atoms. The summed E-state index contributed by atoms with van der Waals surface area (Å²) >= 11 is 0. The molecule has 0 aliphatic carbocycles. The Morgan fingerprint density at radius 3 is 2.36 bits per heavy atom. The Morgan fingerprint density at radius 1 is 0.955 bits per heavy atom. The summed E-state index contributed by atoms with van der Waals surface area (Å²) in [6, 6.07) is 14.5. The van der Waals surface area contributed by atoms with Gasteiger partial charge in [0, 0.05) is 22.6 Å².